The summed E-state index contributed by atoms with van der Waals surface area (Å²) in [5.41, 5.74) is -1.42. The Morgan fingerprint density at radius 3 is 2.47 bits per heavy atom. The minimum absolute atomic E-state index is 0.147. The van der Waals surface area contributed by atoms with Crippen molar-refractivity contribution in [2.75, 3.05) is 12.4 Å². The predicted octanol–water partition coefficient (Wildman–Crippen LogP) is 5.14. The van der Waals surface area contributed by atoms with Crippen molar-refractivity contribution in [1.29, 1.82) is 0 Å². The van der Waals surface area contributed by atoms with Crippen molar-refractivity contribution in [3.8, 4) is 5.75 Å². The molecule has 1 saturated heterocycles. The highest BCUT2D eigenvalue weighted by Crippen LogP contribution is 2.74. The number of carbonyl (C=O) groups is 4. The number of nitrogens with one attached hydrogen (secondary N) is 1. The highest BCUT2D eigenvalue weighted by atomic mass is 16.7. The fourth-order valence-corrected chi connectivity index (χ4v) is 10.3. The maximum absolute atomic E-state index is 14.1. The van der Waals surface area contributed by atoms with Crippen LogP contribution in [0.1, 0.15) is 67.2 Å². The van der Waals surface area contributed by atoms with Gasteiger partial charge in [0.05, 0.1) is 18.6 Å². The van der Waals surface area contributed by atoms with Crippen LogP contribution in [0.3, 0.4) is 0 Å². The molecule has 2 heterocycles. The zero-order chi connectivity index (χ0) is 36.7. The monoisotopic (exact) mass is 701 g/mol. The number of hydrogen-bond donors (Lipinski definition) is 2. The molecule has 11 nitrogen and oxygen atoms in total. The first kappa shape index (κ1) is 35.2. The molecule has 7 rings (SSSR count). The molecule has 3 fully saturated rings. The molecule has 2 saturated carbocycles. The first-order valence-corrected chi connectivity index (χ1v) is 17.8. The van der Waals surface area contributed by atoms with E-state index < -0.39 is 64.3 Å². The predicted molar refractivity (Wildman–Crippen MR) is 185 cm³/mol. The first-order chi connectivity index (χ1) is 24.1. The Balaban J connectivity index is 1.15. The van der Waals surface area contributed by atoms with Crippen molar-refractivity contribution in [2.24, 2.45) is 28.6 Å². The molecule has 272 valence electrons. The van der Waals surface area contributed by atoms with Crippen molar-refractivity contribution >= 4 is 29.4 Å². The summed E-state index contributed by atoms with van der Waals surface area (Å²) in [6, 6.07) is 7.23. The van der Waals surface area contributed by atoms with Crippen LogP contribution in [0.2, 0.25) is 0 Å². The van der Waals surface area contributed by atoms with Crippen LogP contribution in [0.15, 0.2) is 71.5 Å². The second-order valence-electron chi connectivity index (χ2n) is 15.5. The van der Waals surface area contributed by atoms with Crippen LogP contribution in [-0.4, -0.2) is 71.5 Å². The molecular formula is C40H47NO10. The molecule has 2 aliphatic heterocycles. The molecule has 11 heteroatoms. The van der Waals surface area contributed by atoms with E-state index in [1.807, 2.05) is 45.9 Å². The van der Waals surface area contributed by atoms with Crippen LogP contribution in [0.25, 0.3) is 0 Å². The van der Waals surface area contributed by atoms with Crippen LogP contribution >= 0.6 is 0 Å². The van der Waals surface area contributed by atoms with Gasteiger partial charge in [0.25, 0.3) is 0 Å². The van der Waals surface area contributed by atoms with Gasteiger partial charge in [0.2, 0.25) is 0 Å². The van der Waals surface area contributed by atoms with Crippen LogP contribution < -0.4 is 10.1 Å². The normalized spacial score (nSPS) is 39.9. The number of carbonyl (C=O) groups excluding carboxylic acids is 4. The number of esters is 3. The number of benzene rings is 1. The van der Waals surface area contributed by atoms with Gasteiger partial charge in [-0.15, -0.1) is 0 Å². The molecule has 0 amide bonds. The number of allylic oxidation sites excluding steroid dienone is 1. The van der Waals surface area contributed by atoms with E-state index in [0.29, 0.717) is 37.0 Å². The lowest BCUT2D eigenvalue weighted by atomic mass is 9.42. The summed E-state index contributed by atoms with van der Waals surface area (Å²) in [7, 11) is 1.59. The molecule has 1 aromatic carbocycles. The Morgan fingerprint density at radius 2 is 1.80 bits per heavy atom. The first-order valence-electron chi connectivity index (χ1n) is 17.8. The minimum atomic E-state index is -1.57. The minimum Gasteiger partial charge on any atom is -0.497 e. The number of epoxide rings is 1. The van der Waals surface area contributed by atoms with Crippen molar-refractivity contribution in [1.82, 2.24) is 0 Å². The molecule has 51 heavy (non-hydrogen) atoms. The summed E-state index contributed by atoms with van der Waals surface area (Å²) in [5, 5.41) is 16.2. The second-order valence-corrected chi connectivity index (χ2v) is 15.5. The molecule has 0 unspecified atom stereocenters. The van der Waals surface area contributed by atoms with E-state index in [1.165, 1.54) is 25.3 Å². The number of anilines is 1. The third kappa shape index (κ3) is 5.05. The third-order valence-electron chi connectivity index (χ3n) is 13.3. The van der Waals surface area contributed by atoms with Crippen LogP contribution in [0.4, 0.5) is 5.69 Å². The number of hydrogen-bond acceptors (Lipinski definition) is 11. The van der Waals surface area contributed by atoms with Crippen LogP contribution in [-0.2, 0) is 38.1 Å². The lowest BCUT2D eigenvalue weighted by molar-refractivity contribution is -0.225. The van der Waals surface area contributed by atoms with Crippen LogP contribution in [0.5, 0.6) is 5.75 Å². The zero-order valence-electron chi connectivity index (χ0n) is 30.2. The molecule has 0 radical (unpaired) electrons. The van der Waals surface area contributed by atoms with E-state index in [9.17, 15) is 24.3 Å². The summed E-state index contributed by atoms with van der Waals surface area (Å²) >= 11 is 0. The van der Waals surface area contributed by atoms with E-state index in [1.54, 1.807) is 32.2 Å². The number of rotatable bonds is 8. The van der Waals surface area contributed by atoms with Gasteiger partial charge in [-0.05, 0) is 94.4 Å². The zero-order valence-corrected chi connectivity index (χ0v) is 30.2. The number of aliphatic hydroxyl groups is 1. The second kappa shape index (κ2) is 12.2. The maximum atomic E-state index is 14.1. The average Bonchev–Trinajstić information content (AvgIpc) is 3.78. The van der Waals surface area contributed by atoms with E-state index >= 15 is 0 Å². The maximum Gasteiger partial charge on any atom is 0.333 e. The van der Waals surface area contributed by atoms with E-state index in [0.717, 1.165) is 16.8 Å². The van der Waals surface area contributed by atoms with Gasteiger partial charge in [-0.3, -0.25) is 9.59 Å². The van der Waals surface area contributed by atoms with E-state index in [4.69, 9.17) is 23.7 Å². The Labute approximate surface area is 298 Å². The fourth-order valence-electron chi connectivity index (χ4n) is 10.3. The average molecular weight is 702 g/mol. The van der Waals surface area contributed by atoms with Gasteiger partial charge >= 0.3 is 17.9 Å². The van der Waals surface area contributed by atoms with Crippen molar-refractivity contribution in [3.05, 3.63) is 71.5 Å². The summed E-state index contributed by atoms with van der Waals surface area (Å²) in [6.45, 7) is 10.9. The van der Waals surface area contributed by atoms with Gasteiger partial charge in [-0.1, -0.05) is 25.0 Å². The standard InChI is InChI=1S/C40H47NO10/c1-21-18-30(49-36(45)22(21)2)23(3)28-19-33(48-24(4)42)39(46)29-20-34-40(51-34)32(13-12-31(43)38(40,6)27(29)14-16-37(28,39)5)50-35(44)15-17-41-25-8-10-26(47-7)11-9-25/h8-13,15,17,19,23,27,29-30,32-34,41,46H,14,16,18,20H2,1-7H3/b17-15+/t23-,27-,29+,30+,32-,33-,34+,37+,38-,39+,40+/m0/s1. The van der Waals surface area contributed by atoms with Crippen LogP contribution in [0, 0.1) is 28.6 Å². The molecule has 0 aromatic heterocycles. The Bertz CT molecular complexity index is 1790. The Hall–Kier alpha value is -4.22. The molecule has 0 bridgehead atoms. The highest BCUT2D eigenvalue weighted by Gasteiger charge is 2.83. The highest BCUT2D eigenvalue weighted by molar-refractivity contribution is 5.98. The molecule has 1 spiro atoms. The number of methoxy groups -OCH3 is 1. The van der Waals surface area contributed by atoms with Gasteiger partial charge in [0, 0.05) is 48.2 Å². The summed E-state index contributed by atoms with van der Waals surface area (Å²) in [6.07, 6.45) is 7.00. The van der Waals surface area contributed by atoms with Gasteiger partial charge in [-0.25, -0.2) is 9.59 Å². The summed E-state index contributed by atoms with van der Waals surface area (Å²) < 4.78 is 29.5. The molecule has 6 aliphatic rings. The quantitative estimate of drug-likeness (QED) is 0.122. The summed E-state index contributed by atoms with van der Waals surface area (Å²) in [5.74, 6) is -2.04. The van der Waals surface area contributed by atoms with Gasteiger partial charge in [-0.2, -0.15) is 0 Å². The van der Waals surface area contributed by atoms with Gasteiger partial charge in [0.1, 0.15) is 29.2 Å². The van der Waals surface area contributed by atoms with Gasteiger partial charge < -0.3 is 34.1 Å². The van der Waals surface area contributed by atoms with Crippen molar-refractivity contribution in [2.45, 2.75) is 103 Å². The number of cyclic esters (lactones) is 1. The topological polar surface area (TPSA) is 150 Å². The smallest absolute Gasteiger partial charge is 0.333 e. The number of ketones is 1. The molecule has 2 N–H and O–H groups in total. The molecule has 1 aromatic rings. The molecule has 11 atom stereocenters. The largest absolute Gasteiger partial charge is 0.497 e. The summed E-state index contributed by atoms with van der Waals surface area (Å²) in [4.78, 5) is 52.4. The van der Waals surface area contributed by atoms with E-state index in [2.05, 4.69) is 5.32 Å². The van der Waals surface area contributed by atoms with Crippen molar-refractivity contribution in [3.63, 3.8) is 0 Å². The lowest BCUT2D eigenvalue weighted by Gasteiger charge is -2.61. The number of fused-ring (bicyclic) bond motifs is 4. The van der Waals surface area contributed by atoms with E-state index in [-0.39, 0.29) is 23.6 Å². The lowest BCUT2D eigenvalue weighted by Crippen LogP contribution is -2.70. The van der Waals surface area contributed by atoms with Gasteiger partial charge in [0.15, 0.2) is 11.9 Å². The van der Waals surface area contributed by atoms with Crippen molar-refractivity contribution < 1.29 is 48.0 Å². The SMILES string of the molecule is COc1ccc(N/C=C/C(=O)O[C@H]2C=CC(=O)[C@]3(C)[C@H]4CC[C@]5(C)C([C@H](C)[C@H]6CC(C)=C(C)C(=O)O6)=C[C@H](OC(C)=O)[C@]5(O)[C@@H]4C[C@H]4O[C@]243)cc1. The third-order valence-corrected chi connectivity index (χ3v) is 13.3. The number of ether oxygens (including phenoxy) is 5. The Morgan fingerprint density at radius 1 is 1.08 bits per heavy atom. The molecular weight excluding hydrogens is 654 g/mol. The fraction of sp³-hybridized carbons (Fsp3) is 0.550. The molecule has 4 aliphatic carbocycles. The Kier molecular flexibility index (Phi) is 8.41.